The maximum absolute atomic E-state index is 12.1. The molecule has 2 aromatic rings. The van der Waals surface area contributed by atoms with E-state index in [-0.39, 0.29) is 12.0 Å². The van der Waals surface area contributed by atoms with Crippen LogP contribution in [0.2, 0.25) is 0 Å². The van der Waals surface area contributed by atoms with Crippen molar-refractivity contribution in [2.24, 2.45) is 0 Å². The van der Waals surface area contributed by atoms with Crippen LogP contribution in [0.1, 0.15) is 31.4 Å². The Hall–Kier alpha value is -2.54. The molecule has 1 aliphatic rings. The van der Waals surface area contributed by atoms with Gasteiger partial charge in [0.15, 0.2) is 0 Å². The largest absolute Gasteiger partial charge is 0.378 e. The molecule has 144 valence electrons. The van der Waals surface area contributed by atoms with Crippen LogP contribution in [0.15, 0.2) is 30.7 Å². The fraction of sp³-hybridized carbons (Fsp3) is 0.500. The summed E-state index contributed by atoms with van der Waals surface area (Å²) in [5.74, 6) is 0.727. The smallest absolute Gasteiger partial charge is 0.225 e. The topological polar surface area (TPSA) is 80.2 Å². The van der Waals surface area contributed by atoms with Crippen molar-refractivity contribution in [3.05, 3.63) is 36.4 Å². The van der Waals surface area contributed by atoms with Gasteiger partial charge in [-0.05, 0) is 37.0 Å². The van der Waals surface area contributed by atoms with Gasteiger partial charge in [-0.3, -0.25) is 9.78 Å². The fourth-order valence-electron chi connectivity index (χ4n) is 3.16. The third-order valence-corrected chi connectivity index (χ3v) is 4.65. The molecule has 0 aromatic carbocycles. The molecular formula is C20H27N5O2. The van der Waals surface area contributed by atoms with E-state index in [0.717, 1.165) is 42.7 Å². The molecule has 1 N–H and O–H groups in total. The second kappa shape index (κ2) is 9.41. The summed E-state index contributed by atoms with van der Waals surface area (Å²) in [6.07, 6.45) is 9.72. The number of anilines is 1. The van der Waals surface area contributed by atoms with Crippen molar-refractivity contribution in [3.63, 3.8) is 0 Å². The Kier molecular flexibility index (Phi) is 6.70. The van der Waals surface area contributed by atoms with Gasteiger partial charge < -0.3 is 15.0 Å². The molecule has 3 rings (SSSR count). The van der Waals surface area contributed by atoms with Gasteiger partial charge in [-0.15, -0.1) is 0 Å². The number of carbonyl (C=O) groups excluding carboxylic acids is 1. The summed E-state index contributed by atoms with van der Waals surface area (Å²) in [6.45, 7) is 1.37. The number of aromatic nitrogens is 3. The van der Waals surface area contributed by atoms with Crippen LogP contribution in [0.3, 0.4) is 0 Å². The number of hydrogen-bond donors (Lipinski definition) is 1. The summed E-state index contributed by atoms with van der Waals surface area (Å²) in [6, 6.07) is 3.88. The van der Waals surface area contributed by atoms with Crippen LogP contribution in [-0.4, -0.2) is 54.2 Å². The van der Waals surface area contributed by atoms with Crippen LogP contribution in [0, 0.1) is 0 Å². The van der Waals surface area contributed by atoms with E-state index in [0.29, 0.717) is 25.3 Å². The molecule has 0 bridgehead atoms. The number of carbonyl (C=O) groups is 1. The van der Waals surface area contributed by atoms with Crippen molar-refractivity contribution in [2.45, 2.75) is 38.2 Å². The lowest BCUT2D eigenvalue weighted by molar-refractivity contribution is -0.121. The van der Waals surface area contributed by atoms with Crippen molar-refractivity contribution in [2.75, 3.05) is 32.1 Å². The van der Waals surface area contributed by atoms with E-state index in [1.54, 1.807) is 12.4 Å². The maximum atomic E-state index is 12.1. The molecule has 7 nitrogen and oxygen atoms in total. The van der Waals surface area contributed by atoms with Gasteiger partial charge >= 0.3 is 0 Å². The Morgan fingerprint density at radius 2 is 2.15 bits per heavy atom. The van der Waals surface area contributed by atoms with Crippen LogP contribution in [0.25, 0.3) is 11.1 Å². The number of amides is 1. The minimum Gasteiger partial charge on any atom is -0.378 e. The Bertz CT molecular complexity index is 745. The van der Waals surface area contributed by atoms with Gasteiger partial charge in [-0.1, -0.05) is 0 Å². The van der Waals surface area contributed by atoms with Crippen LogP contribution in [0.4, 0.5) is 5.95 Å². The molecule has 1 fully saturated rings. The molecule has 0 spiro atoms. The first-order valence-electron chi connectivity index (χ1n) is 9.45. The SMILES string of the molecule is CN(C)c1ncc(-c2ccncc2)c(CCNC(=O)CC[C@H]2CCCO2)n1. The van der Waals surface area contributed by atoms with Gasteiger partial charge in [0.2, 0.25) is 11.9 Å². The normalized spacial score (nSPS) is 16.3. The van der Waals surface area contributed by atoms with E-state index in [9.17, 15) is 4.79 Å². The first-order chi connectivity index (χ1) is 13.1. The van der Waals surface area contributed by atoms with Crippen molar-refractivity contribution in [1.82, 2.24) is 20.3 Å². The molecule has 27 heavy (non-hydrogen) atoms. The number of nitrogens with zero attached hydrogens (tertiary/aromatic N) is 4. The summed E-state index contributed by atoms with van der Waals surface area (Å²) >= 11 is 0. The molecule has 1 atom stereocenters. The second-order valence-corrected chi connectivity index (χ2v) is 6.93. The zero-order chi connectivity index (χ0) is 19.1. The quantitative estimate of drug-likeness (QED) is 0.769. The molecule has 1 aliphatic heterocycles. The van der Waals surface area contributed by atoms with Crippen molar-refractivity contribution in [1.29, 1.82) is 0 Å². The van der Waals surface area contributed by atoms with E-state index in [1.165, 1.54) is 0 Å². The lowest BCUT2D eigenvalue weighted by Crippen LogP contribution is -2.27. The molecule has 0 saturated carbocycles. The number of pyridine rings is 1. The zero-order valence-corrected chi connectivity index (χ0v) is 16.0. The standard InChI is InChI=1S/C20H27N5O2/c1-25(2)20-23-14-17(15-7-10-21-11-8-15)18(24-20)9-12-22-19(26)6-5-16-4-3-13-27-16/h7-8,10-11,14,16H,3-6,9,12-13H2,1-2H3,(H,22,26)/t16-/m1/s1. The highest BCUT2D eigenvalue weighted by atomic mass is 16.5. The molecule has 0 unspecified atom stereocenters. The van der Waals surface area contributed by atoms with Crippen molar-refractivity contribution in [3.8, 4) is 11.1 Å². The Balaban J connectivity index is 1.60. The summed E-state index contributed by atoms with van der Waals surface area (Å²) in [5, 5.41) is 3.00. The number of hydrogen-bond acceptors (Lipinski definition) is 6. The third-order valence-electron chi connectivity index (χ3n) is 4.65. The zero-order valence-electron chi connectivity index (χ0n) is 16.0. The van der Waals surface area contributed by atoms with Gasteiger partial charge in [0.25, 0.3) is 0 Å². The molecule has 7 heteroatoms. The lowest BCUT2D eigenvalue weighted by Gasteiger charge is -2.15. The van der Waals surface area contributed by atoms with E-state index in [1.807, 2.05) is 37.3 Å². The maximum Gasteiger partial charge on any atom is 0.225 e. The Labute approximate surface area is 160 Å². The lowest BCUT2D eigenvalue weighted by atomic mass is 10.1. The molecule has 0 aliphatic carbocycles. The highest BCUT2D eigenvalue weighted by Gasteiger charge is 2.17. The van der Waals surface area contributed by atoms with Crippen LogP contribution in [-0.2, 0) is 16.0 Å². The van der Waals surface area contributed by atoms with Crippen molar-refractivity contribution >= 4 is 11.9 Å². The number of ether oxygens (including phenoxy) is 1. The van der Waals surface area contributed by atoms with E-state index in [2.05, 4.69) is 20.3 Å². The average Bonchev–Trinajstić information content (AvgIpc) is 3.20. The van der Waals surface area contributed by atoms with Gasteiger partial charge in [0.05, 0.1) is 11.8 Å². The summed E-state index contributed by atoms with van der Waals surface area (Å²) < 4.78 is 5.57. The molecule has 1 amide bonds. The van der Waals surface area contributed by atoms with Gasteiger partial charge in [-0.25, -0.2) is 9.97 Å². The molecule has 3 heterocycles. The Morgan fingerprint density at radius 1 is 1.33 bits per heavy atom. The first-order valence-corrected chi connectivity index (χ1v) is 9.45. The third kappa shape index (κ3) is 5.47. The minimum atomic E-state index is 0.0675. The Morgan fingerprint density at radius 3 is 2.85 bits per heavy atom. The fourth-order valence-corrected chi connectivity index (χ4v) is 3.16. The average molecular weight is 369 g/mol. The highest BCUT2D eigenvalue weighted by molar-refractivity contribution is 5.76. The van der Waals surface area contributed by atoms with Crippen LogP contribution >= 0.6 is 0 Å². The van der Waals surface area contributed by atoms with Gasteiger partial charge in [-0.2, -0.15) is 0 Å². The van der Waals surface area contributed by atoms with Crippen LogP contribution < -0.4 is 10.2 Å². The van der Waals surface area contributed by atoms with E-state index < -0.39 is 0 Å². The monoisotopic (exact) mass is 369 g/mol. The summed E-state index contributed by atoms with van der Waals surface area (Å²) in [5.41, 5.74) is 2.91. The first kappa shape index (κ1) is 19.2. The second-order valence-electron chi connectivity index (χ2n) is 6.93. The summed E-state index contributed by atoms with van der Waals surface area (Å²) in [4.78, 5) is 27.2. The van der Waals surface area contributed by atoms with E-state index in [4.69, 9.17) is 4.74 Å². The minimum absolute atomic E-state index is 0.0675. The summed E-state index contributed by atoms with van der Waals surface area (Å²) in [7, 11) is 3.83. The van der Waals surface area contributed by atoms with Gasteiger partial charge in [0.1, 0.15) is 0 Å². The molecule has 0 radical (unpaired) electrons. The number of nitrogens with one attached hydrogen (secondary N) is 1. The molecule has 1 saturated heterocycles. The highest BCUT2D eigenvalue weighted by Crippen LogP contribution is 2.23. The predicted octanol–water partition coefficient (Wildman–Crippen LogP) is 2.22. The molecular weight excluding hydrogens is 342 g/mol. The molecule has 2 aromatic heterocycles. The van der Waals surface area contributed by atoms with Crippen molar-refractivity contribution < 1.29 is 9.53 Å². The number of rotatable bonds is 8. The predicted molar refractivity (Wildman–Crippen MR) is 105 cm³/mol. The van der Waals surface area contributed by atoms with Gasteiger partial charge in [0, 0.05) is 64.2 Å². The van der Waals surface area contributed by atoms with Crippen LogP contribution in [0.5, 0.6) is 0 Å². The van der Waals surface area contributed by atoms with E-state index >= 15 is 0 Å².